The van der Waals surface area contributed by atoms with Crippen LogP contribution in [0.4, 0.5) is 0 Å². The van der Waals surface area contributed by atoms with E-state index in [-0.39, 0.29) is 4.83 Å². The summed E-state index contributed by atoms with van der Waals surface area (Å²) in [6, 6.07) is 2.11. The van der Waals surface area contributed by atoms with Gasteiger partial charge in [-0.2, -0.15) is 0 Å². The van der Waals surface area contributed by atoms with Gasteiger partial charge in [-0.3, -0.25) is 0 Å². The summed E-state index contributed by atoms with van der Waals surface area (Å²) in [6.07, 6.45) is 3.70. The maximum absolute atomic E-state index is 5.74. The fraction of sp³-hybridized carbons (Fsp3) is 0.600. The third-order valence-corrected chi connectivity index (χ3v) is 5.37. The summed E-state index contributed by atoms with van der Waals surface area (Å²) >= 11 is 7.46. The highest BCUT2D eigenvalue weighted by atomic mass is 79.9. The summed E-state index contributed by atoms with van der Waals surface area (Å²) in [5.41, 5.74) is 3.64. The van der Waals surface area contributed by atoms with Crippen LogP contribution >= 0.6 is 31.9 Å². The summed E-state index contributed by atoms with van der Waals surface area (Å²) in [5, 5.41) is 0. The van der Waals surface area contributed by atoms with Gasteiger partial charge in [0, 0.05) is 21.5 Å². The van der Waals surface area contributed by atoms with E-state index in [0.717, 1.165) is 35.2 Å². The topological polar surface area (TPSA) is 18.5 Å². The monoisotopic (exact) mass is 390 g/mol. The second kappa shape index (κ2) is 6.59. The van der Waals surface area contributed by atoms with E-state index in [1.807, 2.05) is 0 Å². The smallest absolute Gasteiger partial charge is 0.126 e. The zero-order chi connectivity index (χ0) is 14.0. The van der Waals surface area contributed by atoms with Gasteiger partial charge in [0.15, 0.2) is 0 Å². The van der Waals surface area contributed by atoms with Gasteiger partial charge in [0.2, 0.25) is 0 Å². The molecule has 1 saturated heterocycles. The number of hydrogen-bond donors (Lipinski definition) is 0. The number of benzene rings is 1. The minimum absolute atomic E-state index is 0.266. The molecule has 1 aromatic rings. The Morgan fingerprint density at radius 2 is 2.21 bits per heavy atom. The summed E-state index contributed by atoms with van der Waals surface area (Å²) < 4.78 is 12.5. The van der Waals surface area contributed by atoms with Crippen LogP contribution in [0.15, 0.2) is 10.5 Å². The molecule has 0 N–H and O–H groups in total. The zero-order valence-corrected chi connectivity index (χ0v) is 14.8. The first-order valence-corrected chi connectivity index (χ1v) is 8.34. The van der Waals surface area contributed by atoms with E-state index >= 15 is 0 Å². The molecule has 0 aromatic heterocycles. The molecule has 2 unspecified atom stereocenters. The van der Waals surface area contributed by atoms with Crippen LogP contribution in [-0.4, -0.2) is 19.8 Å². The van der Waals surface area contributed by atoms with Crippen molar-refractivity contribution < 1.29 is 9.47 Å². The summed E-state index contributed by atoms with van der Waals surface area (Å²) in [4.78, 5) is 0.266. The number of alkyl halides is 1. The first-order chi connectivity index (χ1) is 9.04. The van der Waals surface area contributed by atoms with Gasteiger partial charge in [-0.1, -0.05) is 31.9 Å². The molecule has 2 nitrogen and oxygen atoms in total. The molecule has 1 aliphatic rings. The number of rotatable bonds is 4. The molecule has 1 fully saturated rings. The van der Waals surface area contributed by atoms with Gasteiger partial charge in [0.05, 0.1) is 13.2 Å². The Balaban J connectivity index is 2.30. The van der Waals surface area contributed by atoms with Gasteiger partial charge >= 0.3 is 0 Å². The average Bonchev–Trinajstić information content (AvgIpc) is 2.85. The van der Waals surface area contributed by atoms with Crippen molar-refractivity contribution >= 4 is 31.9 Å². The Kier molecular flexibility index (Phi) is 5.32. The van der Waals surface area contributed by atoms with Crippen LogP contribution in [0.25, 0.3) is 0 Å². The van der Waals surface area contributed by atoms with E-state index in [9.17, 15) is 0 Å². The molecule has 2 atom stereocenters. The van der Waals surface area contributed by atoms with Crippen molar-refractivity contribution in [3.05, 3.63) is 27.2 Å². The van der Waals surface area contributed by atoms with Crippen LogP contribution in [0.5, 0.6) is 5.75 Å². The van der Waals surface area contributed by atoms with Crippen molar-refractivity contribution in [3.63, 3.8) is 0 Å². The van der Waals surface area contributed by atoms with Crippen molar-refractivity contribution in [2.24, 2.45) is 0 Å². The third-order valence-electron chi connectivity index (χ3n) is 3.72. The van der Waals surface area contributed by atoms with E-state index in [1.54, 1.807) is 7.11 Å². The first-order valence-electron chi connectivity index (χ1n) is 6.63. The van der Waals surface area contributed by atoms with Crippen LogP contribution < -0.4 is 4.74 Å². The van der Waals surface area contributed by atoms with E-state index < -0.39 is 0 Å². The lowest BCUT2D eigenvalue weighted by Crippen LogP contribution is -2.10. The molecule has 19 heavy (non-hydrogen) atoms. The largest absolute Gasteiger partial charge is 0.496 e. The Hall–Kier alpha value is -0.0600. The van der Waals surface area contributed by atoms with Crippen LogP contribution in [-0.2, 0) is 4.74 Å². The van der Waals surface area contributed by atoms with Crippen LogP contribution in [0.1, 0.15) is 40.8 Å². The predicted molar refractivity (Wildman–Crippen MR) is 85.4 cm³/mol. The van der Waals surface area contributed by atoms with Crippen molar-refractivity contribution in [2.45, 2.75) is 44.0 Å². The second-order valence-electron chi connectivity index (χ2n) is 5.09. The van der Waals surface area contributed by atoms with E-state index in [2.05, 4.69) is 51.8 Å². The molecule has 1 aliphatic heterocycles. The molecule has 0 bridgehead atoms. The molecule has 2 rings (SSSR count). The average molecular weight is 392 g/mol. The SMILES string of the molecule is COc1c(C)cc(Br)c(C)c1C(Br)CC1CCCO1. The molecule has 0 spiro atoms. The maximum atomic E-state index is 5.74. The number of ether oxygens (including phenoxy) is 2. The lowest BCUT2D eigenvalue weighted by Gasteiger charge is -2.22. The molecule has 0 amide bonds. The second-order valence-corrected chi connectivity index (χ2v) is 7.05. The number of aryl methyl sites for hydroxylation is 1. The predicted octanol–water partition coefficient (Wildman–Crippen LogP) is 5.08. The lowest BCUT2D eigenvalue weighted by molar-refractivity contribution is 0.104. The minimum atomic E-state index is 0.266. The quantitative estimate of drug-likeness (QED) is 0.666. The number of methoxy groups -OCH3 is 1. The molecule has 1 heterocycles. The summed E-state index contributed by atoms with van der Waals surface area (Å²) in [5.74, 6) is 0.987. The highest BCUT2D eigenvalue weighted by Crippen LogP contribution is 2.42. The molecule has 0 aliphatic carbocycles. The van der Waals surface area contributed by atoms with Gasteiger partial charge in [0.1, 0.15) is 5.75 Å². The Bertz CT molecular complexity index is 454. The van der Waals surface area contributed by atoms with Gasteiger partial charge < -0.3 is 9.47 Å². The van der Waals surface area contributed by atoms with Crippen LogP contribution in [0.3, 0.4) is 0 Å². The number of hydrogen-bond acceptors (Lipinski definition) is 2. The van der Waals surface area contributed by atoms with Gasteiger partial charge in [-0.15, -0.1) is 0 Å². The van der Waals surface area contributed by atoms with Gasteiger partial charge in [0.25, 0.3) is 0 Å². The lowest BCUT2D eigenvalue weighted by atomic mass is 9.97. The highest BCUT2D eigenvalue weighted by molar-refractivity contribution is 9.10. The van der Waals surface area contributed by atoms with Crippen LogP contribution in [0, 0.1) is 13.8 Å². The maximum Gasteiger partial charge on any atom is 0.126 e. The fourth-order valence-corrected chi connectivity index (χ4v) is 4.23. The van der Waals surface area contributed by atoms with Crippen molar-refractivity contribution in [1.29, 1.82) is 0 Å². The molecule has 1 aromatic carbocycles. The van der Waals surface area contributed by atoms with Gasteiger partial charge in [-0.05, 0) is 50.3 Å². The standard InChI is InChI=1S/C15H20Br2O2/c1-9-7-12(16)10(2)14(15(9)18-3)13(17)8-11-5-4-6-19-11/h7,11,13H,4-6,8H2,1-3H3. The third kappa shape index (κ3) is 3.34. The normalized spacial score (nSPS) is 20.6. The Labute approximate surface area is 132 Å². The van der Waals surface area contributed by atoms with E-state index in [0.29, 0.717) is 6.10 Å². The fourth-order valence-electron chi connectivity index (χ4n) is 2.70. The first kappa shape index (κ1) is 15.3. The summed E-state index contributed by atoms with van der Waals surface area (Å²) in [7, 11) is 1.74. The van der Waals surface area contributed by atoms with Crippen molar-refractivity contribution in [1.82, 2.24) is 0 Å². The molecule has 0 saturated carbocycles. The van der Waals surface area contributed by atoms with E-state index in [1.165, 1.54) is 17.5 Å². The van der Waals surface area contributed by atoms with Crippen LogP contribution in [0.2, 0.25) is 0 Å². The zero-order valence-electron chi connectivity index (χ0n) is 11.6. The van der Waals surface area contributed by atoms with Crippen molar-refractivity contribution in [2.75, 3.05) is 13.7 Å². The van der Waals surface area contributed by atoms with Crippen molar-refractivity contribution in [3.8, 4) is 5.75 Å². The Morgan fingerprint density at radius 3 is 2.79 bits per heavy atom. The highest BCUT2D eigenvalue weighted by Gasteiger charge is 2.25. The molecule has 106 valence electrons. The minimum Gasteiger partial charge on any atom is -0.496 e. The summed E-state index contributed by atoms with van der Waals surface area (Å²) in [6.45, 7) is 5.11. The molecular weight excluding hydrogens is 372 g/mol. The molecule has 0 radical (unpaired) electrons. The van der Waals surface area contributed by atoms with E-state index in [4.69, 9.17) is 9.47 Å². The van der Waals surface area contributed by atoms with Gasteiger partial charge in [-0.25, -0.2) is 0 Å². The Morgan fingerprint density at radius 1 is 1.47 bits per heavy atom. The molecular formula is C15H20Br2O2. The molecule has 4 heteroatoms. The number of halogens is 2.